The van der Waals surface area contributed by atoms with E-state index in [1.54, 1.807) is 50.9 Å². The fourth-order valence-electron chi connectivity index (χ4n) is 3.49. The second-order valence-electron chi connectivity index (χ2n) is 7.23. The quantitative estimate of drug-likeness (QED) is 0.503. The van der Waals surface area contributed by atoms with Crippen LogP contribution in [0, 0.1) is 0 Å². The SMILES string of the molecule is COc1ccc(OCCOc2ccc3c(c2)CN(C(=O)c2ccc(OC)nc2)CC3)nc1. The molecule has 2 aromatic heterocycles. The van der Waals surface area contributed by atoms with Crippen molar-refractivity contribution < 1.29 is 23.7 Å². The van der Waals surface area contributed by atoms with Crippen molar-refractivity contribution >= 4 is 5.91 Å². The van der Waals surface area contributed by atoms with Crippen LogP contribution in [-0.4, -0.2) is 54.8 Å². The Balaban J connectivity index is 1.32. The van der Waals surface area contributed by atoms with Gasteiger partial charge in [-0.3, -0.25) is 4.79 Å². The summed E-state index contributed by atoms with van der Waals surface area (Å²) in [4.78, 5) is 23.0. The first-order valence-electron chi connectivity index (χ1n) is 10.3. The molecule has 1 aliphatic heterocycles. The molecule has 3 aromatic rings. The molecule has 0 saturated carbocycles. The minimum Gasteiger partial charge on any atom is -0.495 e. The second-order valence-corrected chi connectivity index (χ2v) is 7.23. The molecule has 4 rings (SSSR count). The Bertz CT molecular complexity index is 1050. The van der Waals surface area contributed by atoms with Gasteiger partial charge in [-0.2, -0.15) is 0 Å². The van der Waals surface area contributed by atoms with Gasteiger partial charge in [-0.05, 0) is 41.8 Å². The summed E-state index contributed by atoms with van der Waals surface area (Å²) < 4.78 is 21.6. The lowest BCUT2D eigenvalue weighted by Gasteiger charge is -2.29. The molecule has 32 heavy (non-hydrogen) atoms. The first-order chi connectivity index (χ1) is 15.7. The number of rotatable bonds is 8. The van der Waals surface area contributed by atoms with Gasteiger partial charge in [-0.1, -0.05) is 6.07 Å². The van der Waals surface area contributed by atoms with Gasteiger partial charge in [0.1, 0.15) is 24.7 Å². The molecule has 0 saturated heterocycles. The zero-order chi connectivity index (χ0) is 22.3. The lowest BCUT2D eigenvalue weighted by atomic mass is 9.99. The molecule has 8 nitrogen and oxygen atoms in total. The van der Waals surface area contributed by atoms with Crippen molar-refractivity contribution in [1.29, 1.82) is 0 Å². The van der Waals surface area contributed by atoms with Crippen LogP contribution >= 0.6 is 0 Å². The topological polar surface area (TPSA) is 83.0 Å². The molecule has 166 valence electrons. The Hall–Kier alpha value is -3.81. The fourth-order valence-corrected chi connectivity index (χ4v) is 3.49. The van der Waals surface area contributed by atoms with Gasteiger partial charge in [-0.25, -0.2) is 9.97 Å². The number of nitrogens with zero attached hydrogens (tertiary/aromatic N) is 3. The van der Waals surface area contributed by atoms with Crippen LogP contribution < -0.4 is 18.9 Å². The van der Waals surface area contributed by atoms with E-state index in [1.807, 2.05) is 17.0 Å². The zero-order valence-corrected chi connectivity index (χ0v) is 18.1. The van der Waals surface area contributed by atoms with Crippen LogP contribution in [0.2, 0.25) is 0 Å². The largest absolute Gasteiger partial charge is 0.495 e. The zero-order valence-electron chi connectivity index (χ0n) is 18.1. The number of aromatic nitrogens is 2. The Morgan fingerprint density at radius 2 is 1.66 bits per heavy atom. The number of methoxy groups -OCH3 is 2. The highest BCUT2D eigenvalue weighted by Gasteiger charge is 2.22. The van der Waals surface area contributed by atoms with Crippen LogP contribution in [0.15, 0.2) is 54.9 Å². The number of carbonyl (C=O) groups excluding carboxylic acids is 1. The van der Waals surface area contributed by atoms with E-state index in [0.29, 0.717) is 49.4 Å². The number of hydrogen-bond acceptors (Lipinski definition) is 7. The standard InChI is InChI=1S/C24H25N3O5/c1-29-21-6-8-23(26-15-21)32-12-11-31-20-5-3-17-9-10-27(16-19(17)13-20)24(28)18-4-7-22(30-2)25-14-18/h3-8,13-15H,9-12,16H2,1-2H3. The first-order valence-corrected chi connectivity index (χ1v) is 10.3. The molecular formula is C24H25N3O5. The Kier molecular flexibility index (Phi) is 6.69. The maximum atomic E-state index is 12.9. The number of ether oxygens (including phenoxy) is 4. The summed E-state index contributed by atoms with van der Waals surface area (Å²) in [5.74, 6) is 2.38. The molecule has 0 N–H and O–H groups in total. The van der Waals surface area contributed by atoms with Gasteiger partial charge in [0.2, 0.25) is 11.8 Å². The van der Waals surface area contributed by atoms with Crippen molar-refractivity contribution in [2.24, 2.45) is 0 Å². The van der Waals surface area contributed by atoms with Gasteiger partial charge in [0, 0.05) is 31.4 Å². The smallest absolute Gasteiger partial charge is 0.255 e. The van der Waals surface area contributed by atoms with Crippen LogP contribution in [0.5, 0.6) is 23.3 Å². The van der Waals surface area contributed by atoms with Crippen molar-refractivity contribution in [3.05, 3.63) is 71.5 Å². The van der Waals surface area contributed by atoms with Crippen molar-refractivity contribution in [2.45, 2.75) is 13.0 Å². The van der Waals surface area contributed by atoms with E-state index in [4.69, 9.17) is 18.9 Å². The number of carbonyl (C=O) groups is 1. The summed E-state index contributed by atoms with van der Waals surface area (Å²) in [7, 11) is 3.14. The first kappa shape index (κ1) is 21.4. The third-order valence-electron chi connectivity index (χ3n) is 5.22. The van der Waals surface area contributed by atoms with Gasteiger partial charge in [-0.15, -0.1) is 0 Å². The van der Waals surface area contributed by atoms with Gasteiger partial charge in [0.05, 0.1) is 26.0 Å². The van der Waals surface area contributed by atoms with Gasteiger partial charge >= 0.3 is 0 Å². The molecule has 0 radical (unpaired) electrons. The van der Waals surface area contributed by atoms with Crippen molar-refractivity contribution in [3.63, 3.8) is 0 Å². The Morgan fingerprint density at radius 3 is 2.38 bits per heavy atom. The third-order valence-corrected chi connectivity index (χ3v) is 5.22. The number of hydrogen-bond donors (Lipinski definition) is 0. The summed E-state index contributed by atoms with van der Waals surface area (Å²) in [5.41, 5.74) is 2.86. The van der Waals surface area contributed by atoms with Gasteiger partial charge in [0.15, 0.2) is 0 Å². The molecule has 1 aromatic carbocycles. The normalized spacial score (nSPS) is 12.6. The summed E-state index contributed by atoms with van der Waals surface area (Å²) in [6, 6.07) is 13.0. The summed E-state index contributed by atoms with van der Waals surface area (Å²) >= 11 is 0. The van der Waals surface area contributed by atoms with E-state index in [2.05, 4.69) is 16.0 Å². The van der Waals surface area contributed by atoms with Crippen LogP contribution in [-0.2, 0) is 13.0 Å². The summed E-state index contributed by atoms with van der Waals surface area (Å²) in [6.45, 7) is 1.95. The minimum atomic E-state index is -0.0440. The van der Waals surface area contributed by atoms with Crippen LogP contribution in [0.3, 0.4) is 0 Å². The maximum absolute atomic E-state index is 12.9. The number of amides is 1. The van der Waals surface area contributed by atoms with E-state index in [9.17, 15) is 4.79 Å². The highest BCUT2D eigenvalue weighted by molar-refractivity contribution is 5.94. The third kappa shape index (κ3) is 5.08. The average molecular weight is 435 g/mol. The van der Waals surface area contributed by atoms with Crippen molar-refractivity contribution in [1.82, 2.24) is 14.9 Å². The Labute approximate surface area is 186 Å². The molecule has 0 fully saturated rings. The van der Waals surface area contributed by atoms with E-state index in [-0.39, 0.29) is 5.91 Å². The molecule has 0 spiro atoms. The predicted molar refractivity (Wildman–Crippen MR) is 117 cm³/mol. The molecule has 0 atom stereocenters. The predicted octanol–water partition coefficient (Wildman–Crippen LogP) is 3.15. The van der Waals surface area contributed by atoms with E-state index in [0.717, 1.165) is 17.7 Å². The molecule has 1 amide bonds. The molecule has 0 aliphatic carbocycles. The number of benzene rings is 1. The molecular weight excluding hydrogens is 410 g/mol. The summed E-state index contributed by atoms with van der Waals surface area (Å²) in [6.07, 6.45) is 3.96. The molecule has 1 aliphatic rings. The highest BCUT2D eigenvalue weighted by atomic mass is 16.5. The monoisotopic (exact) mass is 435 g/mol. The van der Waals surface area contributed by atoms with Gasteiger partial charge in [0.25, 0.3) is 5.91 Å². The average Bonchev–Trinajstić information content (AvgIpc) is 2.86. The lowest BCUT2D eigenvalue weighted by Crippen LogP contribution is -2.36. The second kappa shape index (κ2) is 10.00. The molecule has 0 bridgehead atoms. The van der Waals surface area contributed by atoms with Crippen molar-refractivity contribution in [3.8, 4) is 23.3 Å². The minimum absolute atomic E-state index is 0.0440. The fraction of sp³-hybridized carbons (Fsp3) is 0.292. The maximum Gasteiger partial charge on any atom is 0.255 e. The molecule has 0 unspecified atom stereocenters. The Morgan fingerprint density at radius 1 is 0.875 bits per heavy atom. The number of fused-ring (bicyclic) bond motifs is 1. The van der Waals surface area contributed by atoms with Crippen LogP contribution in [0.25, 0.3) is 0 Å². The van der Waals surface area contributed by atoms with E-state index >= 15 is 0 Å². The van der Waals surface area contributed by atoms with Crippen LogP contribution in [0.4, 0.5) is 0 Å². The van der Waals surface area contributed by atoms with E-state index in [1.165, 1.54) is 5.56 Å². The number of pyridine rings is 2. The summed E-state index contributed by atoms with van der Waals surface area (Å²) in [5, 5.41) is 0. The molecule has 3 heterocycles. The van der Waals surface area contributed by atoms with Gasteiger partial charge < -0.3 is 23.8 Å². The lowest BCUT2D eigenvalue weighted by molar-refractivity contribution is 0.0734. The van der Waals surface area contributed by atoms with Crippen LogP contribution in [0.1, 0.15) is 21.5 Å². The highest BCUT2D eigenvalue weighted by Crippen LogP contribution is 2.25. The molecule has 8 heteroatoms. The van der Waals surface area contributed by atoms with Crippen molar-refractivity contribution in [2.75, 3.05) is 34.0 Å². The van der Waals surface area contributed by atoms with E-state index < -0.39 is 0 Å².